The van der Waals surface area contributed by atoms with Crippen LogP contribution >= 0.6 is 0 Å². The fraction of sp³-hybridized carbons (Fsp3) is 0.211. The number of phenols is 1. The first-order chi connectivity index (χ1) is 12.9. The molecule has 140 valence electrons. The molecule has 1 fully saturated rings. The Balaban J connectivity index is 1.88. The van der Waals surface area contributed by atoms with Gasteiger partial charge in [0.1, 0.15) is 11.7 Å². The topological polar surface area (TPSA) is 105 Å². The van der Waals surface area contributed by atoms with Crippen molar-refractivity contribution >= 4 is 23.5 Å². The third-order valence-electron chi connectivity index (χ3n) is 4.28. The second-order valence-corrected chi connectivity index (χ2v) is 5.93. The van der Waals surface area contributed by atoms with Crippen molar-refractivity contribution in [3.63, 3.8) is 0 Å². The number of anilines is 1. The number of nitrogens with one attached hydrogen (secondary N) is 1. The zero-order chi connectivity index (χ0) is 19.6. The molecular formula is C19H18N2O6. The Morgan fingerprint density at radius 3 is 2.37 bits per heavy atom. The lowest BCUT2D eigenvalue weighted by Gasteiger charge is -2.30. The van der Waals surface area contributed by atoms with Crippen LogP contribution in [0.4, 0.5) is 10.5 Å². The molecule has 1 saturated heterocycles. The fourth-order valence-corrected chi connectivity index (χ4v) is 2.86. The summed E-state index contributed by atoms with van der Waals surface area (Å²) in [6.45, 7) is 0. The van der Waals surface area contributed by atoms with Gasteiger partial charge in [-0.15, -0.1) is 0 Å². The van der Waals surface area contributed by atoms with E-state index in [1.165, 1.54) is 20.3 Å². The minimum atomic E-state index is -1.08. The van der Waals surface area contributed by atoms with Crippen LogP contribution in [0.5, 0.6) is 17.2 Å². The number of ether oxygens (including phenoxy) is 2. The lowest BCUT2D eigenvalue weighted by molar-refractivity contribution is -0.134. The van der Waals surface area contributed by atoms with E-state index < -0.39 is 23.8 Å². The second kappa shape index (κ2) is 7.36. The average Bonchev–Trinajstić information content (AvgIpc) is 2.66. The summed E-state index contributed by atoms with van der Waals surface area (Å²) in [4.78, 5) is 38.2. The number of hydrogen-bond acceptors (Lipinski definition) is 6. The summed E-state index contributed by atoms with van der Waals surface area (Å²) in [5, 5.41) is 11.9. The molecule has 0 aromatic heterocycles. The third kappa shape index (κ3) is 3.55. The van der Waals surface area contributed by atoms with Crippen molar-refractivity contribution in [2.75, 3.05) is 19.1 Å². The number of amides is 4. The van der Waals surface area contributed by atoms with Crippen molar-refractivity contribution in [3.8, 4) is 17.2 Å². The van der Waals surface area contributed by atoms with Gasteiger partial charge in [0.15, 0.2) is 11.5 Å². The molecule has 1 aliphatic heterocycles. The highest BCUT2D eigenvalue weighted by Crippen LogP contribution is 2.29. The number of carbonyl (C=O) groups is 3. The molecule has 3 rings (SSSR count). The van der Waals surface area contributed by atoms with Crippen molar-refractivity contribution in [2.24, 2.45) is 5.92 Å². The molecule has 0 radical (unpaired) electrons. The first-order valence-electron chi connectivity index (χ1n) is 8.13. The minimum Gasteiger partial charge on any atom is -0.504 e. The normalized spacial score (nSPS) is 16.9. The molecule has 27 heavy (non-hydrogen) atoms. The van der Waals surface area contributed by atoms with Gasteiger partial charge in [0.05, 0.1) is 19.9 Å². The smallest absolute Gasteiger partial charge is 0.335 e. The van der Waals surface area contributed by atoms with Crippen LogP contribution in [0, 0.1) is 5.92 Å². The molecule has 1 aliphatic rings. The van der Waals surface area contributed by atoms with Crippen molar-refractivity contribution in [2.45, 2.75) is 6.42 Å². The third-order valence-corrected chi connectivity index (χ3v) is 4.28. The van der Waals surface area contributed by atoms with Crippen LogP contribution in [0.2, 0.25) is 0 Å². The van der Waals surface area contributed by atoms with E-state index in [-0.39, 0.29) is 17.9 Å². The molecule has 1 heterocycles. The Labute approximate surface area is 155 Å². The van der Waals surface area contributed by atoms with Gasteiger partial charge in [0.2, 0.25) is 11.8 Å². The van der Waals surface area contributed by atoms with Gasteiger partial charge in [0.25, 0.3) is 0 Å². The number of aromatic hydroxyl groups is 1. The van der Waals surface area contributed by atoms with Crippen LogP contribution in [-0.2, 0) is 16.0 Å². The quantitative estimate of drug-likeness (QED) is 0.779. The lowest BCUT2D eigenvalue weighted by atomic mass is 9.95. The summed E-state index contributed by atoms with van der Waals surface area (Å²) in [5.74, 6) is -1.61. The number of rotatable bonds is 5. The number of hydrogen-bond donors (Lipinski definition) is 2. The summed E-state index contributed by atoms with van der Waals surface area (Å²) in [6.07, 6.45) is 0.0568. The van der Waals surface area contributed by atoms with E-state index in [1.807, 2.05) is 0 Å². The number of benzene rings is 2. The zero-order valence-corrected chi connectivity index (χ0v) is 14.8. The summed E-state index contributed by atoms with van der Waals surface area (Å²) in [5.41, 5.74) is 0.946. The summed E-state index contributed by atoms with van der Waals surface area (Å²) in [7, 11) is 2.91. The molecule has 2 aromatic rings. The molecule has 4 amide bonds. The maximum atomic E-state index is 12.9. The Hall–Kier alpha value is -3.55. The van der Waals surface area contributed by atoms with E-state index >= 15 is 0 Å². The summed E-state index contributed by atoms with van der Waals surface area (Å²) >= 11 is 0. The van der Waals surface area contributed by atoms with Gasteiger partial charge in [-0.2, -0.15) is 0 Å². The van der Waals surface area contributed by atoms with Gasteiger partial charge in [-0.05, 0) is 48.4 Å². The van der Waals surface area contributed by atoms with Crippen LogP contribution in [0.15, 0.2) is 42.5 Å². The number of methoxy groups -OCH3 is 2. The first-order valence-corrected chi connectivity index (χ1v) is 8.13. The van der Waals surface area contributed by atoms with Gasteiger partial charge < -0.3 is 14.6 Å². The largest absolute Gasteiger partial charge is 0.504 e. The Morgan fingerprint density at radius 1 is 1.04 bits per heavy atom. The highest BCUT2D eigenvalue weighted by Gasteiger charge is 2.41. The fourth-order valence-electron chi connectivity index (χ4n) is 2.86. The maximum absolute atomic E-state index is 12.9. The minimum absolute atomic E-state index is 0.0456. The van der Waals surface area contributed by atoms with Crippen molar-refractivity contribution < 1.29 is 29.0 Å². The molecular weight excluding hydrogens is 352 g/mol. The summed E-state index contributed by atoms with van der Waals surface area (Å²) in [6, 6.07) is 10.1. The summed E-state index contributed by atoms with van der Waals surface area (Å²) < 4.78 is 10.1. The SMILES string of the molecule is COc1ccc(N2C(=O)NC(=O)[C@@H](Cc3ccc(O)c(OC)c3)C2=O)cc1. The van der Waals surface area contributed by atoms with Gasteiger partial charge in [-0.3, -0.25) is 14.9 Å². The monoisotopic (exact) mass is 370 g/mol. The highest BCUT2D eigenvalue weighted by atomic mass is 16.5. The highest BCUT2D eigenvalue weighted by molar-refractivity contribution is 6.27. The van der Waals surface area contributed by atoms with Gasteiger partial charge in [-0.25, -0.2) is 9.69 Å². The lowest BCUT2D eigenvalue weighted by Crippen LogP contribution is -2.58. The Kier molecular flexibility index (Phi) is 4.98. The number of nitrogens with zero attached hydrogens (tertiary/aromatic N) is 1. The predicted molar refractivity (Wildman–Crippen MR) is 95.9 cm³/mol. The molecule has 2 aromatic carbocycles. The number of barbiturate groups is 1. The van der Waals surface area contributed by atoms with Gasteiger partial charge in [-0.1, -0.05) is 6.07 Å². The zero-order valence-electron chi connectivity index (χ0n) is 14.8. The predicted octanol–water partition coefficient (Wildman–Crippen LogP) is 1.85. The van der Waals surface area contributed by atoms with Crippen molar-refractivity contribution in [1.82, 2.24) is 5.32 Å². The molecule has 8 heteroatoms. The Morgan fingerprint density at radius 2 is 1.74 bits per heavy atom. The number of phenolic OH excluding ortho intramolecular Hbond substituents is 1. The maximum Gasteiger partial charge on any atom is 0.335 e. The van der Waals surface area contributed by atoms with Gasteiger partial charge >= 0.3 is 6.03 Å². The van der Waals surface area contributed by atoms with Crippen LogP contribution in [-0.4, -0.2) is 37.2 Å². The molecule has 0 saturated carbocycles. The first kappa shape index (κ1) is 18.2. The molecule has 0 aliphatic carbocycles. The van der Waals surface area contributed by atoms with E-state index in [1.54, 1.807) is 36.4 Å². The van der Waals surface area contributed by atoms with Crippen LogP contribution in [0.3, 0.4) is 0 Å². The van der Waals surface area contributed by atoms with Crippen LogP contribution < -0.4 is 19.7 Å². The van der Waals surface area contributed by atoms with E-state index in [0.717, 1.165) is 4.90 Å². The van der Waals surface area contributed by atoms with E-state index in [0.29, 0.717) is 17.0 Å². The number of imide groups is 2. The molecule has 1 atom stereocenters. The number of urea groups is 1. The molecule has 2 N–H and O–H groups in total. The van der Waals surface area contributed by atoms with E-state index in [4.69, 9.17) is 9.47 Å². The van der Waals surface area contributed by atoms with E-state index in [2.05, 4.69) is 5.32 Å². The van der Waals surface area contributed by atoms with Crippen molar-refractivity contribution in [1.29, 1.82) is 0 Å². The Bertz CT molecular complexity index is 894. The average molecular weight is 370 g/mol. The molecule has 0 bridgehead atoms. The van der Waals surface area contributed by atoms with Crippen LogP contribution in [0.25, 0.3) is 0 Å². The standard InChI is InChI=1S/C19H18N2O6/c1-26-13-6-4-12(5-7-13)21-18(24)14(17(23)20-19(21)25)9-11-3-8-15(22)16(10-11)27-2/h3-8,10,14,22H,9H2,1-2H3,(H,20,23,25)/t14-/m1/s1. The van der Waals surface area contributed by atoms with Gasteiger partial charge in [0, 0.05) is 0 Å². The molecule has 8 nitrogen and oxygen atoms in total. The van der Waals surface area contributed by atoms with E-state index in [9.17, 15) is 19.5 Å². The number of carbonyl (C=O) groups excluding carboxylic acids is 3. The molecule has 0 spiro atoms. The second-order valence-electron chi connectivity index (χ2n) is 5.93. The van der Waals surface area contributed by atoms with Crippen LogP contribution in [0.1, 0.15) is 5.56 Å². The van der Waals surface area contributed by atoms with Crippen molar-refractivity contribution in [3.05, 3.63) is 48.0 Å². The molecule has 0 unspecified atom stereocenters.